The largest absolute Gasteiger partial charge is 0.385 e. The minimum Gasteiger partial charge on any atom is -0.385 e. The summed E-state index contributed by atoms with van der Waals surface area (Å²) in [6.45, 7) is 3.59. The van der Waals surface area contributed by atoms with Crippen molar-refractivity contribution in [2.24, 2.45) is 5.92 Å². The highest BCUT2D eigenvalue weighted by atomic mass is 16.5. The van der Waals surface area contributed by atoms with Gasteiger partial charge in [-0.2, -0.15) is 4.98 Å². The van der Waals surface area contributed by atoms with Gasteiger partial charge < -0.3 is 18.9 Å². The molecule has 4 rings (SSSR count). The number of amides is 1. The summed E-state index contributed by atoms with van der Waals surface area (Å²) in [5.74, 6) is 2.49. The number of nitrogens with zero attached hydrogens (tertiary/aromatic N) is 3. The molecule has 0 N–H and O–H groups in total. The Hall–Kier alpha value is -1.47. The van der Waals surface area contributed by atoms with Gasteiger partial charge in [-0.15, -0.1) is 0 Å². The van der Waals surface area contributed by atoms with E-state index in [4.69, 9.17) is 19.0 Å². The highest BCUT2D eigenvalue weighted by Crippen LogP contribution is 2.42. The standard InChI is InChI=1S/C19H29N3O4/c1-24-13-8-19(18-20-16(26-21-18)14-2-3-14)6-9-22(10-7-19)17(23)15-4-11-25-12-5-15/h14-15H,2-13H2,1H3. The van der Waals surface area contributed by atoms with Crippen LogP contribution >= 0.6 is 0 Å². The van der Waals surface area contributed by atoms with E-state index in [1.807, 2.05) is 4.90 Å². The number of piperidine rings is 1. The maximum Gasteiger partial charge on any atom is 0.229 e. The minimum absolute atomic E-state index is 0.127. The Kier molecular flexibility index (Phi) is 5.27. The molecule has 144 valence electrons. The lowest BCUT2D eigenvalue weighted by Gasteiger charge is -2.41. The molecule has 26 heavy (non-hydrogen) atoms. The fraction of sp³-hybridized carbons (Fsp3) is 0.842. The van der Waals surface area contributed by atoms with Gasteiger partial charge in [0.15, 0.2) is 5.82 Å². The molecular weight excluding hydrogens is 334 g/mol. The molecule has 0 radical (unpaired) electrons. The lowest BCUT2D eigenvalue weighted by Crippen LogP contribution is -2.48. The van der Waals surface area contributed by atoms with Crippen LogP contribution in [-0.2, 0) is 19.7 Å². The topological polar surface area (TPSA) is 77.7 Å². The van der Waals surface area contributed by atoms with Crippen molar-refractivity contribution in [1.29, 1.82) is 0 Å². The summed E-state index contributed by atoms with van der Waals surface area (Å²) in [7, 11) is 1.73. The number of hydrogen-bond acceptors (Lipinski definition) is 6. The van der Waals surface area contributed by atoms with Crippen molar-refractivity contribution in [2.75, 3.05) is 40.0 Å². The number of ether oxygens (including phenoxy) is 2. The Bertz CT molecular complexity index is 614. The summed E-state index contributed by atoms with van der Waals surface area (Å²) >= 11 is 0. The quantitative estimate of drug-likeness (QED) is 0.772. The zero-order chi connectivity index (χ0) is 18.0. The molecule has 3 aliphatic rings. The zero-order valence-electron chi connectivity index (χ0n) is 15.6. The molecule has 0 spiro atoms. The SMILES string of the molecule is COCCC1(c2noc(C3CC3)n2)CCN(C(=O)C2CCOCC2)CC1. The molecule has 1 aromatic heterocycles. The second-order valence-electron chi connectivity index (χ2n) is 7.97. The maximum atomic E-state index is 12.8. The second-order valence-corrected chi connectivity index (χ2v) is 7.97. The van der Waals surface area contributed by atoms with Crippen molar-refractivity contribution in [3.63, 3.8) is 0 Å². The van der Waals surface area contributed by atoms with Crippen molar-refractivity contribution in [1.82, 2.24) is 15.0 Å². The molecule has 0 atom stereocenters. The molecule has 7 heteroatoms. The number of methoxy groups -OCH3 is 1. The van der Waals surface area contributed by atoms with Gasteiger partial charge in [0.05, 0.1) is 0 Å². The summed E-state index contributed by atoms with van der Waals surface area (Å²) < 4.78 is 16.3. The molecule has 1 aromatic rings. The van der Waals surface area contributed by atoms with Gasteiger partial charge >= 0.3 is 0 Å². The smallest absolute Gasteiger partial charge is 0.229 e. The second kappa shape index (κ2) is 7.64. The molecule has 0 bridgehead atoms. The third kappa shape index (κ3) is 3.64. The van der Waals surface area contributed by atoms with E-state index in [2.05, 4.69) is 5.16 Å². The van der Waals surface area contributed by atoms with E-state index < -0.39 is 0 Å². The van der Waals surface area contributed by atoms with Gasteiger partial charge in [0.2, 0.25) is 11.8 Å². The summed E-state index contributed by atoms with van der Waals surface area (Å²) in [6.07, 6.45) is 6.61. The highest BCUT2D eigenvalue weighted by Gasteiger charge is 2.43. The number of carbonyl (C=O) groups excluding carboxylic acids is 1. The molecule has 1 amide bonds. The van der Waals surface area contributed by atoms with E-state index in [1.165, 1.54) is 0 Å². The van der Waals surface area contributed by atoms with Crippen LogP contribution in [0.2, 0.25) is 0 Å². The minimum atomic E-state index is -0.140. The predicted molar refractivity (Wildman–Crippen MR) is 93.8 cm³/mol. The van der Waals surface area contributed by atoms with Gasteiger partial charge in [-0.25, -0.2) is 0 Å². The lowest BCUT2D eigenvalue weighted by molar-refractivity contribution is -0.140. The van der Waals surface area contributed by atoms with Crippen molar-refractivity contribution < 1.29 is 18.8 Å². The normalized spacial score (nSPS) is 24.0. The maximum absolute atomic E-state index is 12.8. The fourth-order valence-corrected chi connectivity index (χ4v) is 4.19. The van der Waals surface area contributed by atoms with Gasteiger partial charge in [0, 0.05) is 57.3 Å². The van der Waals surface area contributed by atoms with E-state index in [9.17, 15) is 4.79 Å². The van der Waals surface area contributed by atoms with Crippen molar-refractivity contribution >= 4 is 5.91 Å². The third-order valence-electron chi connectivity index (χ3n) is 6.23. The lowest BCUT2D eigenvalue weighted by atomic mass is 9.75. The van der Waals surface area contributed by atoms with Crippen LogP contribution in [-0.4, -0.2) is 61.0 Å². The molecule has 1 aliphatic carbocycles. The van der Waals surface area contributed by atoms with Crippen LogP contribution in [0, 0.1) is 5.92 Å². The average Bonchev–Trinajstić information content (AvgIpc) is 3.43. The first kappa shape index (κ1) is 17.9. The number of hydrogen-bond donors (Lipinski definition) is 0. The van der Waals surface area contributed by atoms with Gasteiger partial charge in [-0.05, 0) is 44.9 Å². The van der Waals surface area contributed by atoms with Crippen LogP contribution in [0.4, 0.5) is 0 Å². The Labute approximate surface area is 154 Å². The molecule has 3 fully saturated rings. The third-order valence-corrected chi connectivity index (χ3v) is 6.23. The van der Waals surface area contributed by atoms with Crippen molar-refractivity contribution in [2.45, 2.75) is 56.3 Å². The summed E-state index contributed by atoms with van der Waals surface area (Å²) in [6, 6.07) is 0. The zero-order valence-corrected chi connectivity index (χ0v) is 15.6. The fourth-order valence-electron chi connectivity index (χ4n) is 4.19. The van der Waals surface area contributed by atoms with E-state index in [0.29, 0.717) is 31.6 Å². The molecule has 2 aliphatic heterocycles. The van der Waals surface area contributed by atoms with Gasteiger partial charge in [0.1, 0.15) is 0 Å². The first-order chi connectivity index (χ1) is 12.7. The Morgan fingerprint density at radius 3 is 2.62 bits per heavy atom. The van der Waals surface area contributed by atoms with Crippen LogP contribution in [0.15, 0.2) is 4.52 Å². The molecule has 7 nitrogen and oxygen atoms in total. The van der Waals surface area contributed by atoms with Crippen LogP contribution in [0.3, 0.4) is 0 Å². The Balaban J connectivity index is 1.43. The molecular formula is C19H29N3O4. The first-order valence-electron chi connectivity index (χ1n) is 9.91. The summed E-state index contributed by atoms with van der Waals surface area (Å²) in [5.41, 5.74) is -0.140. The van der Waals surface area contributed by atoms with Crippen LogP contribution in [0.5, 0.6) is 0 Å². The Morgan fingerprint density at radius 2 is 1.96 bits per heavy atom. The van der Waals surface area contributed by atoms with Gasteiger partial charge in [0.25, 0.3) is 0 Å². The average molecular weight is 363 g/mol. The number of likely N-dealkylation sites (tertiary alicyclic amines) is 1. The molecule has 0 unspecified atom stereocenters. The van der Waals surface area contributed by atoms with Crippen LogP contribution in [0.1, 0.15) is 62.6 Å². The van der Waals surface area contributed by atoms with E-state index in [0.717, 1.165) is 69.8 Å². The van der Waals surface area contributed by atoms with Crippen molar-refractivity contribution in [3.05, 3.63) is 11.7 Å². The van der Waals surface area contributed by atoms with Gasteiger partial charge in [-0.3, -0.25) is 4.79 Å². The number of rotatable bonds is 6. The highest BCUT2D eigenvalue weighted by molar-refractivity contribution is 5.79. The van der Waals surface area contributed by atoms with Crippen LogP contribution < -0.4 is 0 Å². The summed E-state index contributed by atoms with van der Waals surface area (Å²) in [5, 5.41) is 4.32. The van der Waals surface area contributed by atoms with Gasteiger partial charge in [-0.1, -0.05) is 5.16 Å². The predicted octanol–water partition coefficient (Wildman–Crippen LogP) is 2.27. The van der Waals surface area contributed by atoms with E-state index >= 15 is 0 Å². The Morgan fingerprint density at radius 1 is 1.23 bits per heavy atom. The number of carbonyl (C=O) groups is 1. The first-order valence-corrected chi connectivity index (χ1v) is 9.91. The molecule has 2 saturated heterocycles. The van der Waals surface area contributed by atoms with Crippen LogP contribution in [0.25, 0.3) is 0 Å². The number of aromatic nitrogens is 2. The van der Waals surface area contributed by atoms with Crippen molar-refractivity contribution in [3.8, 4) is 0 Å². The molecule has 3 heterocycles. The monoisotopic (exact) mass is 363 g/mol. The van der Waals surface area contributed by atoms with E-state index in [-0.39, 0.29) is 11.3 Å². The summed E-state index contributed by atoms with van der Waals surface area (Å²) in [4.78, 5) is 19.6. The molecule has 1 saturated carbocycles. The molecule has 0 aromatic carbocycles. The van der Waals surface area contributed by atoms with E-state index in [1.54, 1.807) is 7.11 Å².